The van der Waals surface area contributed by atoms with Gasteiger partial charge in [0.2, 0.25) is 11.7 Å². The lowest BCUT2D eigenvalue weighted by Gasteiger charge is -2.45. The number of hydrogen-bond donors (Lipinski definition) is 3. The molecule has 0 spiro atoms. The number of ether oxygens (including phenoxy) is 1. The predicted octanol–water partition coefficient (Wildman–Crippen LogP) is 4.36. The molecule has 258 valence electrons. The van der Waals surface area contributed by atoms with E-state index in [1.165, 1.54) is 0 Å². The van der Waals surface area contributed by atoms with Gasteiger partial charge in [-0.15, -0.1) is 0 Å². The zero-order valence-electron chi connectivity index (χ0n) is 27.2. The number of carbonyl (C=O) groups is 2. The standard InChI is InChI=1S/C38H41F3N4O4/c39-30-14-15-31(40)36(35(30)41)49-16-4-7-23-8-10-25(11-9-23)29-17-26-21-44(37(47)32-18-28(46)19-42-32)22-33(43-26)34(29)38(48)45(27-12-13-27)20-24-5-2-1-3-6-24/h1-3,5-6,8-11,14-15,26-28,32-33,42-43,46H,4,7,12-13,16-22H2/t26-,28-,32?,33-/m1/s1. The molecule has 7 rings (SSSR count). The fourth-order valence-corrected chi connectivity index (χ4v) is 7.32. The summed E-state index contributed by atoms with van der Waals surface area (Å²) < 4.78 is 46.6. The monoisotopic (exact) mass is 674 g/mol. The second-order valence-electron chi connectivity index (χ2n) is 13.6. The number of hydrogen-bond acceptors (Lipinski definition) is 6. The summed E-state index contributed by atoms with van der Waals surface area (Å²) in [4.78, 5) is 32.0. The van der Waals surface area contributed by atoms with Gasteiger partial charge in [-0.2, -0.15) is 4.39 Å². The van der Waals surface area contributed by atoms with Crippen LogP contribution in [0.3, 0.4) is 0 Å². The molecular formula is C38H41F3N4O4. The van der Waals surface area contributed by atoms with Gasteiger partial charge in [0.1, 0.15) is 0 Å². The predicted molar refractivity (Wildman–Crippen MR) is 178 cm³/mol. The van der Waals surface area contributed by atoms with Crippen LogP contribution in [0.2, 0.25) is 0 Å². The molecule has 3 heterocycles. The summed E-state index contributed by atoms with van der Waals surface area (Å²) in [6, 6.07) is 18.9. The number of aliphatic hydroxyl groups is 1. The van der Waals surface area contributed by atoms with Crippen molar-refractivity contribution in [2.45, 2.75) is 75.3 Å². The van der Waals surface area contributed by atoms with Gasteiger partial charge in [-0.1, -0.05) is 54.6 Å². The highest BCUT2D eigenvalue weighted by molar-refractivity contribution is 6.03. The minimum absolute atomic E-state index is 0.0147. The van der Waals surface area contributed by atoms with E-state index in [4.69, 9.17) is 4.74 Å². The number of carbonyl (C=O) groups excluding carboxylic acids is 2. The van der Waals surface area contributed by atoms with Crippen molar-refractivity contribution in [3.8, 4) is 5.75 Å². The maximum absolute atomic E-state index is 14.7. The van der Waals surface area contributed by atoms with Crippen LogP contribution >= 0.6 is 0 Å². The van der Waals surface area contributed by atoms with Gasteiger partial charge >= 0.3 is 0 Å². The summed E-state index contributed by atoms with van der Waals surface area (Å²) >= 11 is 0. The van der Waals surface area contributed by atoms with E-state index in [9.17, 15) is 27.9 Å². The highest BCUT2D eigenvalue weighted by atomic mass is 19.2. The Morgan fingerprint density at radius 2 is 1.69 bits per heavy atom. The molecule has 3 aromatic rings. The lowest BCUT2D eigenvalue weighted by Crippen LogP contribution is -2.63. The molecular weight excluding hydrogens is 633 g/mol. The molecule has 11 heteroatoms. The largest absolute Gasteiger partial charge is 0.488 e. The van der Waals surface area contributed by atoms with Crippen LogP contribution in [0, 0.1) is 17.5 Å². The molecule has 2 saturated heterocycles. The van der Waals surface area contributed by atoms with Crippen molar-refractivity contribution >= 4 is 17.4 Å². The average molecular weight is 675 g/mol. The Morgan fingerprint density at radius 3 is 2.41 bits per heavy atom. The Labute approximate surface area is 283 Å². The maximum atomic E-state index is 14.7. The fourth-order valence-electron chi connectivity index (χ4n) is 7.32. The molecule has 3 fully saturated rings. The number of rotatable bonds is 11. The minimum Gasteiger partial charge on any atom is -0.488 e. The number of fused-ring (bicyclic) bond motifs is 2. The highest BCUT2D eigenvalue weighted by Crippen LogP contribution is 2.38. The second-order valence-corrected chi connectivity index (χ2v) is 13.6. The van der Waals surface area contributed by atoms with Crippen LogP contribution in [0.4, 0.5) is 13.2 Å². The Balaban J connectivity index is 1.12. The lowest BCUT2D eigenvalue weighted by molar-refractivity contribution is -0.136. The van der Waals surface area contributed by atoms with Gasteiger partial charge in [-0.05, 0) is 72.9 Å². The van der Waals surface area contributed by atoms with Crippen molar-refractivity contribution in [3.05, 3.63) is 106 Å². The Hall–Kier alpha value is -4.19. The number of nitrogens with one attached hydrogen (secondary N) is 2. The van der Waals surface area contributed by atoms with Crippen LogP contribution in [0.1, 0.15) is 48.8 Å². The number of amides is 2. The van der Waals surface area contributed by atoms with Crippen molar-refractivity contribution in [2.75, 3.05) is 26.2 Å². The molecule has 2 bridgehead atoms. The normalized spacial score (nSPS) is 23.5. The molecule has 3 aliphatic heterocycles. The molecule has 3 aromatic carbocycles. The highest BCUT2D eigenvalue weighted by Gasteiger charge is 2.44. The zero-order valence-corrected chi connectivity index (χ0v) is 27.2. The first kappa shape index (κ1) is 33.3. The van der Waals surface area contributed by atoms with E-state index in [0.717, 1.165) is 47.2 Å². The van der Waals surface area contributed by atoms with Gasteiger partial charge in [0.25, 0.3) is 5.91 Å². The zero-order chi connectivity index (χ0) is 34.1. The summed E-state index contributed by atoms with van der Waals surface area (Å²) in [6.07, 6.45) is 3.36. The van der Waals surface area contributed by atoms with Crippen LogP contribution in [-0.2, 0) is 22.6 Å². The van der Waals surface area contributed by atoms with Crippen molar-refractivity contribution in [2.24, 2.45) is 0 Å². The Kier molecular flexibility index (Phi) is 9.75. The first-order valence-corrected chi connectivity index (χ1v) is 17.1. The number of aliphatic hydroxyl groups excluding tert-OH is 1. The molecule has 2 amide bonds. The second kappa shape index (κ2) is 14.3. The average Bonchev–Trinajstić information content (AvgIpc) is 3.86. The summed E-state index contributed by atoms with van der Waals surface area (Å²) in [5, 5.41) is 16.8. The topological polar surface area (TPSA) is 94.1 Å². The summed E-state index contributed by atoms with van der Waals surface area (Å²) in [5.74, 6) is -4.20. The molecule has 0 radical (unpaired) electrons. The first-order chi connectivity index (χ1) is 23.7. The van der Waals surface area contributed by atoms with Crippen molar-refractivity contribution in [1.29, 1.82) is 0 Å². The van der Waals surface area contributed by atoms with E-state index in [0.29, 0.717) is 57.4 Å². The Bertz CT molecular complexity index is 1720. The maximum Gasteiger partial charge on any atom is 0.252 e. The summed E-state index contributed by atoms with van der Waals surface area (Å²) in [7, 11) is 0. The number of halogens is 3. The third-order valence-corrected chi connectivity index (χ3v) is 9.96. The van der Waals surface area contributed by atoms with Crippen LogP contribution < -0.4 is 15.4 Å². The van der Waals surface area contributed by atoms with Gasteiger partial charge in [0.05, 0.1) is 24.8 Å². The molecule has 4 aliphatic rings. The third kappa shape index (κ3) is 7.39. The lowest BCUT2D eigenvalue weighted by atomic mass is 9.82. The van der Waals surface area contributed by atoms with Crippen LogP contribution in [0.15, 0.2) is 72.3 Å². The Morgan fingerprint density at radius 1 is 0.939 bits per heavy atom. The van der Waals surface area contributed by atoms with Crippen LogP contribution in [0.25, 0.3) is 5.57 Å². The van der Waals surface area contributed by atoms with E-state index >= 15 is 0 Å². The molecule has 49 heavy (non-hydrogen) atoms. The molecule has 3 N–H and O–H groups in total. The number of piperazine rings is 1. The SMILES string of the molecule is O=C(C1C[C@@H](O)CN1)N1C[C@H]2CC(c3ccc(CCCOc4c(F)ccc(F)c4F)cc3)=C(C(=O)N(Cc3ccccc3)C3CC3)[C@@H](C1)N2. The van der Waals surface area contributed by atoms with Crippen molar-refractivity contribution in [1.82, 2.24) is 20.4 Å². The van der Waals surface area contributed by atoms with E-state index in [2.05, 4.69) is 10.6 Å². The first-order valence-electron chi connectivity index (χ1n) is 17.1. The van der Waals surface area contributed by atoms with Gasteiger partial charge in [-0.3, -0.25) is 9.59 Å². The van der Waals surface area contributed by atoms with Crippen LogP contribution in [0.5, 0.6) is 5.75 Å². The van der Waals surface area contributed by atoms with E-state index in [-0.39, 0.29) is 36.5 Å². The number of aryl methyl sites for hydroxylation is 1. The van der Waals surface area contributed by atoms with Gasteiger partial charge in [0.15, 0.2) is 17.4 Å². The third-order valence-electron chi connectivity index (χ3n) is 9.96. The minimum atomic E-state index is -1.33. The molecule has 4 atom stereocenters. The van der Waals surface area contributed by atoms with E-state index in [1.54, 1.807) is 0 Å². The molecule has 8 nitrogen and oxygen atoms in total. The fraction of sp³-hybridized carbons (Fsp3) is 0.421. The van der Waals surface area contributed by atoms with E-state index < -0.39 is 35.3 Å². The van der Waals surface area contributed by atoms with Crippen molar-refractivity contribution < 1.29 is 32.6 Å². The summed E-state index contributed by atoms with van der Waals surface area (Å²) in [6.45, 7) is 1.79. The molecule has 1 unspecified atom stereocenters. The van der Waals surface area contributed by atoms with Gasteiger partial charge in [-0.25, -0.2) is 8.78 Å². The number of benzene rings is 3. The van der Waals surface area contributed by atoms with E-state index in [1.807, 2.05) is 64.4 Å². The summed E-state index contributed by atoms with van der Waals surface area (Å²) in [5.41, 5.74) is 4.66. The smallest absolute Gasteiger partial charge is 0.252 e. The van der Waals surface area contributed by atoms with Crippen LogP contribution in [-0.4, -0.2) is 83.2 Å². The quantitative estimate of drug-likeness (QED) is 0.207. The number of β-amino-alcohol motifs (C(OH)–C–C–N with tert-alkyl or cyclic N) is 1. The molecule has 1 saturated carbocycles. The molecule has 1 aliphatic carbocycles. The van der Waals surface area contributed by atoms with Crippen molar-refractivity contribution in [3.63, 3.8) is 0 Å². The van der Waals surface area contributed by atoms with Gasteiger partial charge in [0, 0.05) is 43.8 Å². The van der Waals surface area contributed by atoms with Gasteiger partial charge < -0.3 is 30.3 Å². The number of nitrogens with zero attached hydrogens (tertiary/aromatic N) is 2. The molecule has 0 aromatic heterocycles.